The number of carbonyl (C=O) groups is 1. The molecule has 0 radical (unpaired) electrons. The molecular formula is C15H18N6O2. The molecule has 23 heavy (non-hydrogen) atoms. The summed E-state index contributed by atoms with van der Waals surface area (Å²) in [6.45, 7) is 0.683. The van der Waals surface area contributed by atoms with Gasteiger partial charge in [0.15, 0.2) is 5.82 Å². The third kappa shape index (κ3) is 3.71. The van der Waals surface area contributed by atoms with Crippen molar-refractivity contribution in [2.75, 3.05) is 6.54 Å². The second-order valence-electron chi connectivity index (χ2n) is 5.37. The second-order valence-corrected chi connectivity index (χ2v) is 5.37. The largest absolute Gasteiger partial charge is 0.354 e. The first-order chi connectivity index (χ1) is 11.2. The molecule has 3 rings (SSSR count). The lowest BCUT2D eigenvalue weighted by Crippen LogP contribution is -2.35. The Morgan fingerprint density at radius 2 is 2.26 bits per heavy atom. The van der Waals surface area contributed by atoms with Gasteiger partial charge in [-0.05, 0) is 25.3 Å². The summed E-state index contributed by atoms with van der Waals surface area (Å²) >= 11 is 0. The van der Waals surface area contributed by atoms with Gasteiger partial charge in [-0.15, -0.1) is 5.10 Å². The highest BCUT2D eigenvalue weighted by molar-refractivity contribution is 5.78. The SMILES string of the molecule is O=C(NCCn1nc(-n2cncn2)ccc1=O)C1CC=CCC1. The Balaban J connectivity index is 1.59. The Morgan fingerprint density at radius 3 is 3.00 bits per heavy atom. The van der Waals surface area contributed by atoms with Crippen LogP contribution in [0.2, 0.25) is 0 Å². The molecule has 1 unspecified atom stereocenters. The van der Waals surface area contributed by atoms with E-state index < -0.39 is 0 Å². The summed E-state index contributed by atoms with van der Waals surface area (Å²) in [7, 11) is 0. The summed E-state index contributed by atoms with van der Waals surface area (Å²) < 4.78 is 2.79. The van der Waals surface area contributed by atoms with Crippen LogP contribution in [0.15, 0.2) is 41.7 Å². The molecule has 1 aliphatic carbocycles. The lowest BCUT2D eigenvalue weighted by Gasteiger charge is -2.17. The van der Waals surface area contributed by atoms with Crippen LogP contribution in [0.5, 0.6) is 0 Å². The minimum absolute atomic E-state index is 0.0335. The summed E-state index contributed by atoms with van der Waals surface area (Å²) in [6.07, 6.45) is 9.66. The van der Waals surface area contributed by atoms with E-state index in [9.17, 15) is 9.59 Å². The van der Waals surface area contributed by atoms with Gasteiger partial charge in [0, 0.05) is 18.5 Å². The van der Waals surface area contributed by atoms with Crippen LogP contribution in [0.1, 0.15) is 19.3 Å². The molecule has 8 nitrogen and oxygen atoms in total. The van der Waals surface area contributed by atoms with Crippen molar-refractivity contribution in [3.8, 4) is 5.82 Å². The van der Waals surface area contributed by atoms with Gasteiger partial charge in [-0.2, -0.15) is 5.10 Å². The molecule has 1 aliphatic rings. The molecular weight excluding hydrogens is 296 g/mol. The van der Waals surface area contributed by atoms with Crippen LogP contribution in [-0.4, -0.2) is 37.0 Å². The molecule has 0 aliphatic heterocycles. The van der Waals surface area contributed by atoms with Crippen LogP contribution < -0.4 is 10.9 Å². The molecule has 1 atom stereocenters. The van der Waals surface area contributed by atoms with E-state index in [0.717, 1.165) is 19.3 Å². The summed E-state index contributed by atoms with van der Waals surface area (Å²) in [5.74, 6) is 0.576. The number of rotatable bonds is 5. The molecule has 0 bridgehead atoms. The van der Waals surface area contributed by atoms with E-state index in [0.29, 0.717) is 18.9 Å². The molecule has 0 fully saturated rings. The molecule has 2 heterocycles. The van der Waals surface area contributed by atoms with Gasteiger partial charge in [0.1, 0.15) is 12.7 Å². The molecule has 2 aromatic heterocycles. The number of hydrogen-bond donors (Lipinski definition) is 1. The van der Waals surface area contributed by atoms with Crippen molar-refractivity contribution in [3.63, 3.8) is 0 Å². The predicted octanol–water partition coefficient (Wildman–Crippen LogP) is 0.296. The van der Waals surface area contributed by atoms with Gasteiger partial charge in [-0.1, -0.05) is 12.2 Å². The fourth-order valence-corrected chi connectivity index (χ4v) is 2.51. The van der Waals surface area contributed by atoms with Gasteiger partial charge in [0.05, 0.1) is 6.54 Å². The van der Waals surface area contributed by atoms with Gasteiger partial charge in [-0.25, -0.2) is 14.3 Å². The molecule has 1 N–H and O–H groups in total. The number of hydrogen-bond acceptors (Lipinski definition) is 5. The predicted molar refractivity (Wildman–Crippen MR) is 82.9 cm³/mol. The first kappa shape index (κ1) is 15.1. The molecule has 1 amide bonds. The summed E-state index contributed by atoms with van der Waals surface area (Å²) in [5.41, 5.74) is -0.219. The zero-order chi connectivity index (χ0) is 16.1. The molecule has 0 saturated heterocycles. The Bertz CT molecular complexity index is 750. The van der Waals surface area contributed by atoms with Crippen LogP contribution in [-0.2, 0) is 11.3 Å². The minimum atomic E-state index is -0.219. The second kappa shape index (κ2) is 6.99. The van der Waals surface area contributed by atoms with E-state index in [4.69, 9.17) is 0 Å². The smallest absolute Gasteiger partial charge is 0.266 e. The Labute approximate surface area is 132 Å². The van der Waals surface area contributed by atoms with E-state index in [1.54, 1.807) is 6.07 Å². The Kier molecular flexibility index (Phi) is 4.60. The first-order valence-corrected chi connectivity index (χ1v) is 7.60. The molecule has 0 spiro atoms. The van der Waals surface area contributed by atoms with Crippen LogP contribution >= 0.6 is 0 Å². The van der Waals surface area contributed by atoms with Gasteiger partial charge in [0.2, 0.25) is 5.91 Å². The Hall–Kier alpha value is -2.77. The minimum Gasteiger partial charge on any atom is -0.354 e. The summed E-state index contributed by atoms with van der Waals surface area (Å²) in [6, 6.07) is 3.01. The van der Waals surface area contributed by atoms with Crippen molar-refractivity contribution in [3.05, 3.63) is 47.3 Å². The van der Waals surface area contributed by atoms with Gasteiger partial charge < -0.3 is 5.32 Å². The number of amides is 1. The van der Waals surface area contributed by atoms with Crippen LogP contribution in [0, 0.1) is 5.92 Å². The standard InChI is InChI=1S/C15H18N6O2/c22-14-7-6-13(21-11-16-10-18-21)19-20(14)9-8-17-15(23)12-4-2-1-3-5-12/h1-2,6-7,10-12H,3-5,8-9H2,(H,17,23). The summed E-state index contributed by atoms with van der Waals surface area (Å²) in [4.78, 5) is 27.8. The maximum atomic E-state index is 12.1. The number of nitrogens with one attached hydrogen (secondary N) is 1. The lowest BCUT2D eigenvalue weighted by atomic mass is 9.94. The van der Waals surface area contributed by atoms with Gasteiger partial charge in [0.25, 0.3) is 5.56 Å². The number of carbonyl (C=O) groups excluding carboxylic acids is 1. The molecule has 8 heteroatoms. The fourth-order valence-electron chi connectivity index (χ4n) is 2.51. The van der Waals surface area contributed by atoms with Crippen molar-refractivity contribution < 1.29 is 4.79 Å². The third-order valence-corrected chi connectivity index (χ3v) is 3.77. The number of aromatic nitrogens is 5. The monoisotopic (exact) mass is 314 g/mol. The van der Waals surface area contributed by atoms with Crippen LogP contribution in [0.4, 0.5) is 0 Å². The van der Waals surface area contributed by atoms with Gasteiger partial charge >= 0.3 is 0 Å². The van der Waals surface area contributed by atoms with Crippen molar-refractivity contribution in [2.45, 2.75) is 25.8 Å². The fraction of sp³-hybridized carbons (Fsp3) is 0.400. The maximum Gasteiger partial charge on any atom is 0.266 e. The molecule has 120 valence electrons. The lowest BCUT2D eigenvalue weighted by molar-refractivity contribution is -0.125. The van der Waals surface area contributed by atoms with Crippen molar-refractivity contribution in [1.82, 2.24) is 29.9 Å². The summed E-state index contributed by atoms with van der Waals surface area (Å²) in [5, 5.41) is 11.1. The van der Waals surface area contributed by atoms with E-state index in [1.165, 1.54) is 28.1 Å². The highest BCUT2D eigenvalue weighted by Crippen LogP contribution is 2.17. The van der Waals surface area contributed by atoms with E-state index >= 15 is 0 Å². The van der Waals surface area contributed by atoms with E-state index in [2.05, 4.69) is 26.6 Å². The number of nitrogens with zero attached hydrogens (tertiary/aromatic N) is 5. The highest BCUT2D eigenvalue weighted by atomic mass is 16.2. The Morgan fingerprint density at radius 1 is 1.35 bits per heavy atom. The average molecular weight is 314 g/mol. The van der Waals surface area contributed by atoms with Crippen LogP contribution in [0.25, 0.3) is 5.82 Å². The highest BCUT2D eigenvalue weighted by Gasteiger charge is 2.17. The third-order valence-electron chi connectivity index (χ3n) is 3.77. The van der Waals surface area contributed by atoms with Crippen molar-refractivity contribution in [2.24, 2.45) is 5.92 Å². The van der Waals surface area contributed by atoms with Crippen LogP contribution in [0.3, 0.4) is 0 Å². The maximum absolute atomic E-state index is 12.1. The topological polar surface area (TPSA) is 94.7 Å². The molecule has 0 aromatic carbocycles. The zero-order valence-corrected chi connectivity index (χ0v) is 12.6. The van der Waals surface area contributed by atoms with E-state index in [-0.39, 0.29) is 17.4 Å². The normalized spacial score (nSPS) is 17.1. The molecule has 2 aromatic rings. The van der Waals surface area contributed by atoms with E-state index in [1.807, 2.05) is 6.08 Å². The number of allylic oxidation sites excluding steroid dienone is 2. The van der Waals surface area contributed by atoms with Crippen molar-refractivity contribution >= 4 is 5.91 Å². The van der Waals surface area contributed by atoms with Crippen molar-refractivity contribution in [1.29, 1.82) is 0 Å². The quantitative estimate of drug-likeness (QED) is 0.801. The first-order valence-electron chi connectivity index (χ1n) is 7.60. The molecule has 0 saturated carbocycles. The average Bonchev–Trinajstić information content (AvgIpc) is 3.12. The zero-order valence-electron chi connectivity index (χ0n) is 12.6. The van der Waals surface area contributed by atoms with Gasteiger partial charge in [-0.3, -0.25) is 9.59 Å².